The maximum atomic E-state index is 7.19. The van der Waals surface area contributed by atoms with Gasteiger partial charge in [-0.15, -0.1) is 0 Å². The van der Waals surface area contributed by atoms with Crippen molar-refractivity contribution in [1.29, 1.82) is 0 Å². The average molecular weight is 150 g/mol. The number of aromatic nitrogens is 2. The van der Waals surface area contributed by atoms with Crippen LogP contribution >= 0.6 is 11.3 Å². The van der Waals surface area contributed by atoms with Crippen LogP contribution in [0.15, 0.2) is 18.3 Å². The molecule has 2 rings (SSSR count). The lowest BCUT2D eigenvalue weighted by molar-refractivity contribution is 1.36. The van der Waals surface area contributed by atoms with E-state index in [0.717, 1.165) is 10.3 Å². The Morgan fingerprint density at radius 1 is 1.50 bits per heavy atom. The van der Waals surface area contributed by atoms with E-state index in [2.05, 4.69) is 9.97 Å². The summed E-state index contributed by atoms with van der Waals surface area (Å²) in [7, 11) is 0. The molecule has 2 aromatic heterocycles. The quantitative estimate of drug-likeness (QED) is 0.572. The van der Waals surface area contributed by atoms with Gasteiger partial charge in [0.1, 0.15) is 10.3 Å². The standard InChI is InChI=1S/C6H4N3S/c7-6-9-4-2-1-3-8-5(4)10-6/h1-3,7H. The molecule has 0 saturated carbocycles. The third-order valence-corrected chi connectivity index (χ3v) is 1.96. The molecule has 0 aliphatic rings. The van der Waals surface area contributed by atoms with E-state index in [1.807, 2.05) is 12.1 Å². The highest BCUT2D eigenvalue weighted by Gasteiger charge is 1.98. The van der Waals surface area contributed by atoms with Crippen molar-refractivity contribution in [2.45, 2.75) is 0 Å². The predicted molar refractivity (Wildman–Crippen MR) is 40.2 cm³/mol. The zero-order valence-corrected chi connectivity index (χ0v) is 5.85. The molecule has 0 aliphatic carbocycles. The Morgan fingerprint density at radius 2 is 2.40 bits per heavy atom. The van der Waals surface area contributed by atoms with E-state index in [0.29, 0.717) is 5.13 Å². The smallest absolute Gasteiger partial charge is 0.204 e. The molecule has 0 amide bonds. The summed E-state index contributed by atoms with van der Waals surface area (Å²) >= 11 is 1.30. The molecule has 49 valence electrons. The lowest BCUT2D eigenvalue weighted by Gasteiger charge is -1.79. The Morgan fingerprint density at radius 3 is 3.20 bits per heavy atom. The predicted octanol–water partition coefficient (Wildman–Crippen LogP) is 1.61. The van der Waals surface area contributed by atoms with Gasteiger partial charge in [0.15, 0.2) is 0 Å². The number of thiazole rings is 1. The molecule has 0 bridgehead atoms. The molecule has 1 N–H and O–H groups in total. The first kappa shape index (κ1) is 5.61. The van der Waals surface area contributed by atoms with E-state index in [1.165, 1.54) is 11.3 Å². The highest BCUT2D eigenvalue weighted by atomic mass is 32.1. The Hall–Kier alpha value is -1.16. The van der Waals surface area contributed by atoms with Crippen molar-refractivity contribution in [3.05, 3.63) is 18.3 Å². The van der Waals surface area contributed by atoms with E-state index in [9.17, 15) is 0 Å². The van der Waals surface area contributed by atoms with Crippen LogP contribution in [0.25, 0.3) is 10.3 Å². The molecule has 0 aromatic carbocycles. The maximum Gasteiger partial charge on any atom is 0.204 e. The summed E-state index contributed by atoms with van der Waals surface area (Å²) in [6, 6.07) is 3.68. The van der Waals surface area contributed by atoms with Crippen LogP contribution in [0, 0.1) is 0 Å². The summed E-state index contributed by atoms with van der Waals surface area (Å²) in [5, 5.41) is 0.328. The van der Waals surface area contributed by atoms with Gasteiger partial charge in [-0.2, -0.15) is 0 Å². The van der Waals surface area contributed by atoms with Crippen LogP contribution in [-0.2, 0) is 0 Å². The fourth-order valence-corrected chi connectivity index (χ4v) is 1.43. The number of pyridine rings is 1. The van der Waals surface area contributed by atoms with Crippen LogP contribution in [0.3, 0.4) is 0 Å². The van der Waals surface area contributed by atoms with E-state index in [4.69, 9.17) is 5.73 Å². The van der Waals surface area contributed by atoms with Crippen LogP contribution in [0.1, 0.15) is 0 Å². The first-order chi connectivity index (χ1) is 4.86. The Balaban J connectivity index is 2.88. The summed E-state index contributed by atoms with van der Waals surface area (Å²) in [6.07, 6.45) is 1.71. The zero-order valence-electron chi connectivity index (χ0n) is 5.03. The lowest BCUT2D eigenvalue weighted by atomic mass is 10.5. The molecule has 1 radical (unpaired) electrons. The van der Waals surface area contributed by atoms with Gasteiger partial charge in [-0.1, -0.05) is 11.3 Å². The maximum absolute atomic E-state index is 7.19. The van der Waals surface area contributed by atoms with E-state index in [-0.39, 0.29) is 0 Å². The molecule has 10 heavy (non-hydrogen) atoms. The molecule has 0 saturated heterocycles. The van der Waals surface area contributed by atoms with Crippen molar-refractivity contribution in [1.82, 2.24) is 15.7 Å². The SMILES string of the molecule is [NH]c1nc2cccnc2s1. The number of nitrogens with zero attached hydrogens (tertiary/aromatic N) is 2. The molecule has 0 aliphatic heterocycles. The Bertz CT molecular complexity index is 322. The fraction of sp³-hybridized carbons (Fsp3) is 0. The van der Waals surface area contributed by atoms with Crippen LogP contribution in [-0.4, -0.2) is 9.97 Å². The van der Waals surface area contributed by atoms with E-state index in [1.54, 1.807) is 6.20 Å². The van der Waals surface area contributed by atoms with Crippen LogP contribution in [0.2, 0.25) is 0 Å². The largest absolute Gasteiger partial charge is 0.273 e. The zero-order chi connectivity index (χ0) is 6.97. The van der Waals surface area contributed by atoms with Crippen molar-refractivity contribution in [2.75, 3.05) is 0 Å². The van der Waals surface area contributed by atoms with Crippen LogP contribution in [0.5, 0.6) is 0 Å². The van der Waals surface area contributed by atoms with Gasteiger partial charge in [-0.25, -0.2) is 9.97 Å². The summed E-state index contributed by atoms with van der Waals surface area (Å²) < 4.78 is 0. The third kappa shape index (κ3) is 0.733. The number of hydrogen-bond acceptors (Lipinski definition) is 3. The van der Waals surface area contributed by atoms with E-state index >= 15 is 0 Å². The van der Waals surface area contributed by atoms with Crippen molar-refractivity contribution >= 4 is 26.8 Å². The van der Waals surface area contributed by atoms with Crippen molar-refractivity contribution in [3.8, 4) is 0 Å². The second kappa shape index (κ2) is 1.91. The van der Waals surface area contributed by atoms with Gasteiger partial charge >= 0.3 is 0 Å². The summed E-state index contributed by atoms with van der Waals surface area (Å²) in [6.45, 7) is 0. The molecule has 0 atom stereocenters. The second-order valence-electron chi connectivity index (χ2n) is 1.85. The van der Waals surface area contributed by atoms with Crippen molar-refractivity contribution < 1.29 is 0 Å². The van der Waals surface area contributed by atoms with Gasteiger partial charge in [0.2, 0.25) is 5.13 Å². The number of nitrogens with one attached hydrogen (secondary N) is 1. The Labute approximate surface area is 61.5 Å². The topological polar surface area (TPSA) is 49.6 Å². The Kier molecular flexibility index (Phi) is 1.07. The summed E-state index contributed by atoms with van der Waals surface area (Å²) in [5.41, 5.74) is 8.01. The van der Waals surface area contributed by atoms with Gasteiger partial charge in [0, 0.05) is 6.20 Å². The van der Waals surface area contributed by atoms with Crippen LogP contribution in [0.4, 0.5) is 5.13 Å². The molecule has 0 fully saturated rings. The molecule has 2 heterocycles. The molecule has 0 spiro atoms. The second-order valence-corrected chi connectivity index (χ2v) is 2.82. The first-order valence-corrected chi connectivity index (χ1v) is 3.61. The monoisotopic (exact) mass is 150 g/mol. The van der Waals surface area contributed by atoms with Crippen molar-refractivity contribution in [2.24, 2.45) is 0 Å². The third-order valence-electron chi connectivity index (χ3n) is 1.17. The molecule has 4 heteroatoms. The summed E-state index contributed by atoms with van der Waals surface area (Å²) in [5.74, 6) is 0. The van der Waals surface area contributed by atoms with Gasteiger partial charge in [0.05, 0.1) is 0 Å². The van der Waals surface area contributed by atoms with Gasteiger partial charge in [-0.3, -0.25) is 5.73 Å². The highest BCUT2D eigenvalue weighted by molar-refractivity contribution is 7.21. The van der Waals surface area contributed by atoms with E-state index < -0.39 is 0 Å². The van der Waals surface area contributed by atoms with Crippen LogP contribution < -0.4 is 5.73 Å². The molecular formula is C6H4N3S. The first-order valence-electron chi connectivity index (χ1n) is 2.79. The molecule has 3 nitrogen and oxygen atoms in total. The van der Waals surface area contributed by atoms with Gasteiger partial charge in [0.25, 0.3) is 0 Å². The minimum atomic E-state index is 0.328. The minimum absolute atomic E-state index is 0.328. The number of fused-ring (bicyclic) bond motifs is 1. The molecule has 2 aromatic rings. The summed E-state index contributed by atoms with van der Waals surface area (Å²) in [4.78, 5) is 8.81. The molecule has 0 unspecified atom stereocenters. The minimum Gasteiger partial charge on any atom is -0.273 e. The number of rotatable bonds is 0. The average Bonchev–Trinajstić information content (AvgIpc) is 2.27. The highest BCUT2D eigenvalue weighted by Crippen LogP contribution is 2.20. The lowest BCUT2D eigenvalue weighted by Crippen LogP contribution is -1.69. The molecular weight excluding hydrogens is 146 g/mol. The van der Waals surface area contributed by atoms with Gasteiger partial charge in [-0.05, 0) is 12.1 Å². The van der Waals surface area contributed by atoms with Gasteiger partial charge < -0.3 is 0 Å². The fourth-order valence-electron chi connectivity index (χ4n) is 0.770. The number of hydrogen-bond donors (Lipinski definition) is 0. The van der Waals surface area contributed by atoms with Crippen molar-refractivity contribution in [3.63, 3.8) is 0 Å². The normalized spacial score (nSPS) is 10.4.